The predicted molar refractivity (Wildman–Crippen MR) is 48.0 cm³/mol. The maximum absolute atomic E-state index is 5.73. The molecule has 0 unspecified atom stereocenters. The van der Waals surface area contributed by atoms with Crippen molar-refractivity contribution in [3.8, 4) is 0 Å². The van der Waals surface area contributed by atoms with Crippen molar-refractivity contribution < 1.29 is 0 Å². The van der Waals surface area contributed by atoms with E-state index in [1.165, 1.54) is 12.8 Å². The molecule has 1 aromatic rings. The standard InChI is InChI=1S/C8H12N4/c1-10-8-11-4-6(9)7(12-8)5-2-3-5/h4-5H,2-3,9H2,1H3,(H,10,11,12). The number of anilines is 2. The molecule has 0 amide bonds. The van der Waals surface area contributed by atoms with Crippen molar-refractivity contribution >= 4 is 11.6 Å². The Bertz CT molecular complexity index is 293. The molecule has 0 aromatic carbocycles. The second-order valence-corrected chi connectivity index (χ2v) is 3.06. The number of hydrogen-bond donors (Lipinski definition) is 2. The van der Waals surface area contributed by atoms with E-state index < -0.39 is 0 Å². The zero-order valence-electron chi connectivity index (χ0n) is 7.04. The van der Waals surface area contributed by atoms with Crippen LogP contribution in [0.2, 0.25) is 0 Å². The Morgan fingerprint density at radius 3 is 2.92 bits per heavy atom. The third kappa shape index (κ3) is 1.20. The molecule has 12 heavy (non-hydrogen) atoms. The van der Waals surface area contributed by atoms with E-state index >= 15 is 0 Å². The first-order chi connectivity index (χ1) is 5.81. The summed E-state index contributed by atoms with van der Waals surface area (Å²) in [4.78, 5) is 8.33. The lowest BCUT2D eigenvalue weighted by Crippen LogP contribution is -2.02. The second-order valence-electron chi connectivity index (χ2n) is 3.06. The van der Waals surface area contributed by atoms with E-state index in [-0.39, 0.29) is 0 Å². The van der Waals surface area contributed by atoms with Crippen molar-refractivity contribution in [2.45, 2.75) is 18.8 Å². The minimum atomic E-state index is 0.583. The molecule has 0 atom stereocenters. The molecule has 1 saturated carbocycles. The van der Waals surface area contributed by atoms with E-state index in [1.54, 1.807) is 6.20 Å². The van der Waals surface area contributed by atoms with Crippen LogP contribution < -0.4 is 11.1 Å². The summed E-state index contributed by atoms with van der Waals surface area (Å²) in [6.45, 7) is 0. The number of hydrogen-bond acceptors (Lipinski definition) is 4. The molecule has 3 N–H and O–H groups in total. The van der Waals surface area contributed by atoms with Crippen molar-refractivity contribution in [2.24, 2.45) is 0 Å². The highest BCUT2D eigenvalue weighted by molar-refractivity contribution is 5.47. The van der Waals surface area contributed by atoms with E-state index in [4.69, 9.17) is 5.73 Å². The molecule has 1 aliphatic rings. The summed E-state index contributed by atoms with van der Waals surface area (Å²) in [5.41, 5.74) is 7.46. The highest BCUT2D eigenvalue weighted by Crippen LogP contribution is 2.41. The maximum Gasteiger partial charge on any atom is 0.222 e. The summed E-state index contributed by atoms with van der Waals surface area (Å²) in [5, 5.41) is 2.90. The van der Waals surface area contributed by atoms with E-state index in [0.717, 1.165) is 11.4 Å². The molecule has 4 nitrogen and oxygen atoms in total. The third-order valence-electron chi connectivity index (χ3n) is 2.04. The zero-order valence-corrected chi connectivity index (χ0v) is 7.04. The highest BCUT2D eigenvalue weighted by Gasteiger charge is 2.27. The normalized spacial score (nSPS) is 16.1. The van der Waals surface area contributed by atoms with Crippen molar-refractivity contribution in [3.63, 3.8) is 0 Å². The molecule has 0 radical (unpaired) electrons. The lowest BCUT2D eigenvalue weighted by Gasteiger charge is -2.04. The van der Waals surface area contributed by atoms with Gasteiger partial charge in [-0.3, -0.25) is 0 Å². The van der Waals surface area contributed by atoms with Gasteiger partial charge in [-0.05, 0) is 12.8 Å². The Kier molecular flexibility index (Phi) is 1.60. The predicted octanol–water partition coefficient (Wildman–Crippen LogP) is 0.978. The van der Waals surface area contributed by atoms with E-state index in [2.05, 4.69) is 15.3 Å². The smallest absolute Gasteiger partial charge is 0.222 e. The van der Waals surface area contributed by atoms with Crippen LogP contribution in [0.3, 0.4) is 0 Å². The number of nitrogens with one attached hydrogen (secondary N) is 1. The van der Waals surface area contributed by atoms with Crippen LogP contribution in [0.4, 0.5) is 11.6 Å². The Labute approximate surface area is 71.2 Å². The van der Waals surface area contributed by atoms with Gasteiger partial charge in [-0.15, -0.1) is 0 Å². The van der Waals surface area contributed by atoms with Gasteiger partial charge in [-0.25, -0.2) is 9.97 Å². The lowest BCUT2D eigenvalue weighted by atomic mass is 10.2. The van der Waals surface area contributed by atoms with Gasteiger partial charge in [0.05, 0.1) is 17.6 Å². The van der Waals surface area contributed by atoms with Gasteiger partial charge < -0.3 is 11.1 Å². The van der Waals surface area contributed by atoms with Crippen LogP contribution in [0.15, 0.2) is 6.20 Å². The molecule has 1 aromatic heterocycles. The van der Waals surface area contributed by atoms with Crippen LogP contribution in [0, 0.1) is 0 Å². The minimum Gasteiger partial charge on any atom is -0.396 e. The highest BCUT2D eigenvalue weighted by atomic mass is 15.1. The summed E-state index contributed by atoms with van der Waals surface area (Å²) in [6.07, 6.45) is 4.10. The first-order valence-electron chi connectivity index (χ1n) is 4.11. The number of nitrogens with zero attached hydrogens (tertiary/aromatic N) is 2. The van der Waals surface area contributed by atoms with E-state index in [9.17, 15) is 0 Å². The average Bonchev–Trinajstić information content (AvgIpc) is 2.88. The molecule has 1 fully saturated rings. The number of rotatable bonds is 2. The van der Waals surface area contributed by atoms with Crippen LogP contribution in [0.25, 0.3) is 0 Å². The van der Waals surface area contributed by atoms with Crippen LogP contribution in [0.5, 0.6) is 0 Å². The van der Waals surface area contributed by atoms with Gasteiger partial charge in [-0.1, -0.05) is 0 Å². The Morgan fingerprint density at radius 2 is 2.33 bits per heavy atom. The van der Waals surface area contributed by atoms with Gasteiger partial charge in [0.2, 0.25) is 5.95 Å². The van der Waals surface area contributed by atoms with Crippen molar-refractivity contribution in [2.75, 3.05) is 18.1 Å². The van der Waals surface area contributed by atoms with E-state index in [1.807, 2.05) is 7.05 Å². The van der Waals surface area contributed by atoms with Crippen molar-refractivity contribution in [3.05, 3.63) is 11.9 Å². The molecule has 1 heterocycles. The van der Waals surface area contributed by atoms with Crippen molar-refractivity contribution in [1.29, 1.82) is 0 Å². The van der Waals surface area contributed by atoms with Gasteiger partial charge in [0.1, 0.15) is 0 Å². The Morgan fingerprint density at radius 1 is 1.58 bits per heavy atom. The fourth-order valence-electron chi connectivity index (χ4n) is 1.21. The second kappa shape index (κ2) is 2.62. The summed E-state index contributed by atoms with van der Waals surface area (Å²) in [7, 11) is 1.81. The zero-order chi connectivity index (χ0) is 8.55. The molecule has 0 saturated heterocycles. The quantitative estimate of drug-likeness (QED) is 0.683. The summed E-state index contributed by atoms with van der Waals surface area (Å²) in [5.74, 6) is 1.24. The van der Waals surface area contributed by atoms with Crippen LogP contribution in [0.1, 0.15) is 24.5 Å². The average molecular weight is 164 g/mol. The third-order valence-corrected chi connectivity index (χ3v) is 2.04. The summed E-state index contributed by atoms with van der Waals surface area (Å²) < 4.78 is 0. The molecule has 0 spiro atoms. The maximum atomic E-state index is 5.73. The van der Waals surface area contributed by atoms with Gasteiger partial charge in [0.25, 0.3) is 0 Å². The molecule has 0 bridgehead atoms. The molecular weight excluding hydrogens is 152 g/mol. The fraction of sp³-hybridized carbons (Fsp3) is 0.500. The first-order valence-corrected chi connectivity index (χ1v) is 4.11. The first kappa shape index (κ1) is 7.34. The Balaban J connectivity index is 2.36. The molecule has 2 rings (SSSR count). The SMILES string of the molecule is CNc1ncc(N)c(C2CC2)n1. The topological polar surface area (TPSA) is 63.8 Å². The summed E-state index contributed by atoms with van der Waals surface area (Å²) in [6, 6.07) is 0. The van der Waals surface area contributed by atoms with E-state index in [0.29, 0.717) is 11.9 Å². The molecule has 1 aliphatic carbocycles. The van der Waals surface area contributed by atoms with Crippen molar-refractivity contribution in [1.82, 2.24) is 9.97 Å². The molecular formula is C8H12N4. The number of nitrogen functional groups attached to an aromatic ring is 1. The lowest BCUT2D eigenvalue weighted by molar-refractivity contribution is 0.995. The summed E-state index contributed by atoms with van der Waals surface area (Å²) >= 11 is 0. The Hall–Kier alpha value is -1.32. The van der Waals surface area contributed by atoms with Gasteiger partial charge in [-0.2, -0.15) is 0 Å². The van der Waals surface area contributed by atoms with Gasteiger partial charge >= 0.3 is 0 Å². The molecule has 64 valence electrons. The van der Waals surface area contributed by atoms with Gasteiger partial charge in [0, 0.05) is 13.0 Å². The van der Waals surface area contributed by atoms with Crippen LogP contribution in [-0.2, 0) is 0 Å². The molecule has 4 heteroatoms. The monoisotopic (exact) mass is 164 g/mol. The number of nitrogens with two attached hydrogens (primary N) is 1. The minimum absolute atomic E-state index is 0.583. The largest absolute Gasteiger partial charge is 0.396 e. The fourth-order valence-corrected chi connectivity index (χ4v) is 1.21. The molecule has 0 aliphatic heterocycles. The van der Waals surface area contributed by atoms with Crippen LogP contribution >= 0.6 is 0 Å². The van der Waals surface area contributed by atoms with Crippen LogP contribution in [-0.4, -0.2) is 17.0 Å². The number of aromatic nitrogens is 2. The van der Waals surface area contributed by atoms with Gasteiger partial charge in [0.15, 0.2) is 0 Å².